The van der Waals surface area contributed by atoms with Crippen LogP contribution in [-0.4, -0.2) is 52.7 Å². The van der Waals surface area contributed by atoms with Crippen LogP contribution in [0.1, 0.15) is 31.5 Å². The van der Waals surface area contributed by atoms with Crippen LogP contribution in [0.25, 0.3) is 5.69 Å². The highest BCUT2D eigenvalue weighted by molar-refractivity contribution is 7.98. The van der Waals surface area contributed by atoms with Crippen LogP contribution in [0.2, 0.25) is 5.02 Å². The maximum Gasteiger partial charge on any atom is 0.314 e. The molecule has 0 saturated heterocycles. The van der Waals surface area contributed by atoms with Gasteiger partial charge in [0.2, 0.25) is 0 Å². The van der Waals surface area contributed by atoms with Gasteiger partial charge in [0.25, 0.3) is 0 Å². The molecular formula is C20H26ClN5O2S. The van der Waals surface area contributed by atoms with Gasteiger partial charge in [-0.3, -0.25) is 9.59 Å². The normalized spacial score (nSPS) is 12.8. The molecule has 0 unspecified atom stereocenters. The predicted molar refractivity (Wildman–Crippen MR) is 118 cm³/mol. The number of anilines is 1. The van der Waals surface area contributed by atoms with Crippen LogP contribution in [-0.2, 0) is 21.1 Å². The number of amides is 2. The molecule has 9 heteroatoms. The second-order valence-corrected chi connectivity index (χ2v) is 8.17. The number of hydrogen-bond donors (Lipinski definition) is 2. The van der Waals surface area contributed by atoms with Gasteiger partial charge in [0.15, 0.2) is 0 Å². The summed E-state index contributed by atoms with van der Waals surface area (Å²) in [5.74, 6) is 0.745. The number of benzene rings is 1. The number of aromatic nitrogens is 2. The van der Waals surface area contributed by atoms with Crippen molar-refractivity contribution in [2.75, 3.05) is 31.5 Å². The summed E-state index contributed by atoms with van der Waals surface area (Å²) in [6.45, 7) is 7.51. The number of hydrogen-bond acceptors (Lipinski definition) is 5. The number of nitrogens with one attached hydrogen (secondary N) is 2. The number of fused-ring (bicyclic) bond motifs is 1. The molecular weight excluding hydrogens is 410 g/mol. The zero-order valence-corrected chi connectivity index (χ0v) is 18.3. The first-order chi connectivity index (χ1) is 14.0. The summed E-state index contributed by atoms with van der Waals surface area (Å²) >= 11 is 7.84. The molecule has 2 N–H and O–H groups in total. The molecule has 1 aromatic carbocycles. The quantitative estimate of drug-likeness (QED) is 0.492. The molecule has 7 nitrogen and oxygen atoms in total. The molecule has 0 saturated carbocycles. The maximum atomic E-state index is 12.5. The van der Waals surface area contributed by atoms with Crippen molar-refractivity contribution in [3.8, 4) is 5.69 Å². The number of rotatable bonds is 8. The van der Waals surface area contributed by atoms with E-state index in [9.17, 15) is 9.59 Å². The van der Waals surface area contributed by atoms with Crippen molar-refractivity contribution in [1.29, 1.82) is 0 Å². The molecule has 0 fully saturated rings. The van der Waals surface area contributed by atoms with E-state index in [4.69, 9.17) is 11.6 Å². The van der Waals surface area contributed by atoms with Crippen molar-refractivity contribution in [2.24, 2.45) is 0 Å². The Morgan fingerprint density at radius 2 is 2.03 bits per heavy atom. The lowest BCUT2D eigenvalue weighted by atomic mass is 10.2. The van der Waals surface area contributed by atoms with E-state index in [1.165, 1.54) is 0 Å². The highest BCUT2D eigenvalue weighted by atomic mass is 35.5. The average molecular weight is 436 g/mol. The lowest BCUT2D eigenvalue weighted by Gasteiger charge is -2.17. The minimum absolute atomic E-state index is 0.463. The largest absolute Gasteiger partial charge is 0.348 e. The van der Waals surface area contributed by atoms with E-state index in [1.54, 1.807) is 28.6 Å². The van der Waals surface area contributed by atoms with Crippen molar-refractivity contribution in [2.45, 2.75) is 31.8 Å². The first kappa shape index (κ1) is 21.7. The first-order valence-electron chi connectivity index (χ1n) is 9.79. The molecule has 3 rings (SSSR count). The number of carbonyl (C=O) groups is 2. The van der Waals surface area contributed by atoms with E-state index in [1.807, 2.05) is 12.1 Å². The minimum Gasteiger partial charge on any atom is -0.348 e. The summed E-state index contributed by atoms with van der Waals surface area (Å²) in [5.41, 5.74) is 2.62. The molecule has 0 radical (unpaired) electrons. The molecule has 0 aliphatic carbocycles. The van der Waals surface area contributed by atoms with Crippen molar-refractivity contribution >= 4 is 41.0 Å². The highest BCUT2D eigenvalue weighted by Crippen LogP contribution is 2.36. The summed E-state index contributed by atoms with van der Waals surface area (Å²) in [5, 5.41) is 10.7. The summed E-state index contributed by atoms with van der Waals surface area (Å²) in [6.07, 6.45) is 0.799. The van der Waals surface area contributed by atoms with Crippen LogP contribution in [0.4, 0.5) is 5.82 Å². The second-order valence-electron chi connectivity index (χ2n) is 6.75. The smallest absolute Gasteiger partial charge is 0.314 e. The van der Waals surface area contributed by atoms with Gasteiger partial charge < -0.3 is 15.5 Å². The van der Waals surface area contributed by atoms with Gasteiger partial charge in [-0.15, -0.1) is 0 Å². The van der Waals surface area contributed by atoms with Crippen molar-refractivity contribution in [3.05, 3.63) is 40.5 Å². The van der Waals surface area contributed by atoms with E-state index in [-0.39, 0.29) is 0 Å². The number of halogens is 1. The number of thioether (sulfide) groups is 1. The predicted octanol–water partition coefficient (Wildman–Crippen LogP) is 3.06. The fraction of sp³-hybridized carbons (Fsp3) is 0.450. The Labute approximate surface area is 180 Å². The van der Waals surface area contributed by atoms with E-state index in [0.717, 1.165) is 54.5 Å². The van der Waals surface area contributed by atoms with E-state index in [0.29, 0.717) is 17.4 Å². The Morgan fingerprint density at radius 3 is 2.76 bits per heavy atom. The fourth-order valence-corrected chi connectivity index (χ4v) is 4.44. The summed E-state index contributed by atoms with van der Waals surface area (Å²) in [6, 6.07) is 7.25. The van der Waals surface area contributed by atoms with Crippen LogP contribution < -0.4 is 10.6 Å². The Hall–Kier alpha value is -2.03. The maximum absolute atomic E-state index is 12.5. The molecule has 0 atom stereocenters. The summed E-state index contributed by atoms with van der Waals surface area (Å²) in [7, 11) is 0. The molecule has 0 bridgehead atoms. The average Bonchev–Trinajstić information content (AvgIpc) is 3.30. The van der Waals surface area contributed by atoms with Crippen LogP contribution in [0.3, 0.4) is 0 Å². The summed E-state index contributed by atoms with van der Waals surface area (Å²) < 4.78 is 1.65. The van der Waals surface area contributed by atoms with Crippen LogP contribution in [0.5, 0.6) is 0 Å². The molecule has 0 spiro atoms. The Balaban J connectivity index is 1.66. The van der Waals surface area contributed by atoms with E-state index < -0.39 is 11.8 Å². The monoisotopic (exact) mass is 435 g/mol. The van der Waals surface area contributed by atoms with Gasteiger partial charge in [-0.1, -0.05) is 31.5 Å². The standard InChI is InChI=1S/C20H26ClN5O2S/c1-3-25(4-2)10-6-9-22-19(27)20(28)23-18-16-12-29-13-17(16)24-26(18)15-8-5-7-14(21)11-15/h5,7-8,11H,3-4,6,9-10,12-13H2,1-2H3,(H,22,27)(H,23,28). The third-order valence-corrected chi connectivity index (χ3v) is 6.08. The third-order valence-electron chi connectivity index (χ3n) is 4.87. The van der Waals surface area contributed by atoms with E-state index >= 15 is 0 Å². The van der Waals surface area contributed by atoms with Crippen molar-refractivity contribution in [1.82, 2.24) is 20.0 Å². The van der Waals surface area contributed by atoms with Gasteiger partial charge in [-0.2, -0.15) is 16.9 Å². The van der Waals surface area contributed by atoms with Gasteiger partial charge in [0, 0.05) is 28.6 Å². The van der Waals surface area contributed by atoms with Crippen LogP contribution in [0, 0.1) is 0 Å². The lowest BCUT2D eigenvalue weighted by molar-refractivity contribution is -0.136. The molecule has 2 heterocycles. The second kappa shape index (κ2) is 10.1. The molecule has 1 aliphatic rings. The molecule has 29 heavy (non-hydrogen) atoms. The SMILES string of the molecule is CCN(CC)CCCNC(=O)C(=O)Nc1c2c(nn1-c1cccc(Cl)c1)CSC2. The van der Waals surface area contributed by atoms with Gasteiger partial charge in [-0.25, -0.2) is 4.68 Å². The van der Waals surface area contributed by atoms with Crippen LogP contribution in [0.15, 0.2) is 24.3 Å². The Bertz CT molecular complexity index is 882. The van der Waals surface area contributed by atoms with Gasteiger partial charge >= 0.3 is 11.8 Å². The molecule has 1 aromatic heterocycles. The highest BCUT2D eigenvalue weighted by Gasteiger charge is 2.26. The lowest BCUT2D eigenvalue weighted by Crippen LogP contribution is -2.37. The fourth-order valence-electron chi connectivity index (χ4n) is 3.23. The number of carbonyl (C=O) groups excluding carboxylic acids is 2. The summed E-state index contributed by atoms with van der Waals surface area (Å²) in [4.78, 5) is 27.0. The third kappa shape index (κ3) is 5.32. The van der Waals surface area contributed by atoms with Gasteiger partial charge in [0.1, 0.15) is 5.82 Å². The van der Waals surface area contributed by atoms with E-state index in [2.05, 4.69) is 34.5 Å². The Morgan fingerprint density at radius 1 is 1.24 bits per heavy atom. The first-order valence-corrected chi connectivity index (χ1v) is 11.3. The van der Waals surface area contributed by atoms with Gasteiger partial charge in [0.05, 0.1) is 11.4 Å². The van der Waals surface area contributed by atoms with Gasteiger partial charge in [-0.05, 0) is 44.3 Å². The zero-order chi connectivity index (χ0) is 20.8. The van der Waals surface area contributed by atoms with Crippen LogP contribution >= 0.6 is 23.4 Å². The minimum atomic E-state index is -0.685. The molecule has 156 valence electrons. The molecule has 2 aromatic rings. The Kier molecular flexibility index (Phi) is 7.57. The molecule has 2 amide bonds. The topological polar surface area (TPSA) is 79.3 Å². The van der Waals surface area contributed by atoms with Crippen molar-refractivity contribution < 1.29 is 9.59 Å². The van der Waals surface area contributed by atoms with Crippen molar-refractivity contribution in [3.63, 3.8) is 0 Å². The molecule has 1 aliphatic heterocycles. The zero-order valence-electron chi connectivity index (χ0n) is 16.7. The number of nitrogens with zero attached hydrogens (tertiary/aromatic N) is 3.